The SMILES string of the molecule is CNCC(=O)Nc1ccc(NC(=O)c2cc(NC)cn2C)cc1. The van der Waals surface area contributed by atoms with Crippen molar-refractivity contribution in [2.75, 3.05) is 36.6 Å². The second-order valence-corrected chi connectivity index (χ2v) is 5.08. The van der Waals surface area contributed by atoms with E-state index in [1.807, 2.05) is 13.2 Å². The summed E-state index contributed by atoms with van der Waals surface area (Å²) in [5, 5.41) is 11.4. The summed E-state index contributed by atoms with van der Waals surface area (Å²) in [6, 6.07) is 8.76. The Balaban J connectivity index is 2.01. The molecule has 0 aliphatic carbocycles. The summed E-state index contributed by atoms with van der Waals surface area (Å²) in [7, 11) is 5.33. The minimum absolute atomic E-state index is 0.118. The smallest absolute Gasteiger partial charge is 0.272 e. The van der Waals surface area contributed by atoms with Crippen LogP contribution in [0.1, 0.15) is 10.5 Å². The van der Waals surface area contributed by atoms with Gasteiger partial charge in [-0.05, 0) is 37.4 Å². The lowest BCUT2D eigenvalue weighted by Crippen LogP contribution is -2.25. The predicted octanol–water partition coefficient (Wildman–Crippen LogP) is 1.48. The van der Waals surface area contributed by atoms with Gasteiger partial charge in [0.2, 0.25) is 5.91 Å². The monoisotopic (exact) mass is 315 g/mol. The van der Waals surface area contributed by atoms with Crippen molar-refractivity contribution in [1.82, 2.24) is 9.88 Å². The average Bonchev–Trinajstić information content (AvgIpc) is 2.91. The van der Waals surface area contributed by atoms with Gasteiger partial charge in [0.15, 0.2) is 0 Å². The lowest BCUT2D eigenvalue weighted by Gasteiger charge is -2.08. The highest BCUT2D eigenvalue weighted by atomic mass is 16.2. The van der Waals surface area contributed by atoms with Crippen LogP contribution >= 0.6 is 0 Å². The van der Waals surface area contributed by atoms with Gasteiger partial charge in [0.25, 0.3) is 5.91 Å². The molecule has 0 unspecified atom stereocenters. The van der Waals surface area contributed by atoms with E-state index in [0.29, 0.717) is 17.1 Å². The number of likely N-dealkylation sites (N-methyl/N-ethyl adjacent to an activating group) is 1. The van der Waals surface area contributed by atoms with Crippen LogP contribution in [0.3, 0.4) is 0 Å². The molecule has 4 N–H and O–H groups in total. The van der Waals surface area contributed by atoms with Crippen LogP contribution in [0.25, 0.3) is 0 Å². The summed E-state index contributed by atoms with van der Waals surface area (Å²) in [6.45, 7) is 0.250. The summed E-state index contributed by atoms with van der Waals surface area (Å²) in [6.07, 6.45) is 1.84. The maximum atomic E-state index is 12.3. The van der Waals surface area contributed by atoms with E-state index in [2.05, 4.69) is 21.3 Å². The molecule has 0 saturated heterocycles. The molecule has 7 nitrogen and oxygen atoms in total. The van der Waals surface area contributed by atoms with Crippen molar-refractivity contribution in [1.29, 1.82) is 0 Å². The molecule has 7 heteroatoms. The number of carbonyl (C=O) groups excluding carboxylic acids is 2. The maximum absolute atomic E-state index is 12.3. The largest absolute Gasteiger partial charge is 0.387 e. The molecule has 0 atom stereocenters. The first kappa shape index (κ1) is 16.6. The van der Waals surface area contributed by atoms with Gasteiger partial charge in [0.05, 0.1) is 12.2 Å². The van der Waals surface area contributed by atoms with Gasteiger partial charge in [0.1, 0.15) is 5.69 Å². The number of hydrogen-bond donors (Lipinski definition) is 4. The standard InChI is InChI=1S/C16H21N5O2/c1-17-9-15(22)19-11-4-6-12(7-5-11)20-16(23)14-8-13(18-2)10-21(14)3/h4-8,10,17-18H,9H2,1-3H3,(H,19,22)(H,20,23). The summed E-state index contributed by atoms with van der Waals surface area (Å²) < 4.78 is 1.76. The van der Waals surface area contributed by atoms with Crippen LogP contribution in [0.4, 0.5) is 17.1 Å². The fraction of sp³-hybridized carbons (Fsp3) is 0.250. The third-order valence-corrected chi connectivity index (χ3v) is 3.29. The van der Waals surface area contributed by atoms with Crippen LogP contribution in [0.15, 0.2) is 36.5 Å². The van der Waals surface area contributed by atoms with E-state index < -0.39 is 0 Å². The molecular weight excluding hydrogens is 294 g/mol. The summed E-state index contributed by atoms with van der Waals surface area (Å²) >= 11 is 0. The fourth-order valence-electron chi connectivity index (χ4n) is 2.12. The van der Waals surface area contributed by atoms with Crippen LogP contribution in [-0.2, 0) is 11.8 Å². The fourth-order valence-corrected chi connectivity index (χ4v) is 2.12. The molecule has 2 rings (SSSR count). The van der Waals surface area contributed by atoms with E-state index in [0.717, 1.165) is 5.69 Å². The number of carbonyl (C=O) groups is 2. The van der Waals surface area contributed by atoms with E-state index in [9.17, 15) is 9.59 Å². The lowest BCUT2D eigenvalue weighted by atomic mass is 10.2. The van der Waals surface area contributed by atoms with E-state index in [4.69, 9.17) is 0 Å². The summed E-state index contributed by atoms with van der Waals surface area (Å²) in [4.78, 5) is 23.8. The number of amides is 2. The van der Waals surface area contributed by atoms with Gasteiger partial charge >= 0.3 is 0 Å². The van der Waals surface area contributed by atoms with Crippen molar-refractivity contribution in [3.05, 3.63) is 42.2 Å². The van der Waals surface area contributed by atoms with Gasteiger partial charge in [-0.15, -0.1) is 0 Å². The van der Waals surface area contributed by atoms with E-state index in [1.54, 1.807) is 49.0 Å². The first-order valence-electron chi connectivity index (χ1n) is 7.23. The molecule has 2 aromatic rings. The Bertz CT molecular complexity index is 691. The molecule has 23 heavy (non-hydrogen) atoms. The number of hydrogen-bond acceptors (Lipinski definition) is 4. The first-order chi connectivity index (χ1) is 11.0. The zero-order valence-corrected chi connectivity index (χ0v) is 13.4. The van der Waals surface area contributed by atoms with Crippen molar-refractivity contribution in [2.45, 2.75) is 0 Å². The van der Waals surface area contributed by atoms with Gasteiger partial charge in [0, 0.05) is 31.7 Å². The number of nitrogens with one attached hydrogen (secondary N) is 4. The topological polar surface area (TPSA) is 87.2 Å². The Morgan fingerprint density at radius 1 is 1.00 bits per heavy atom. The van der Waals surface area contributed by atoms with Crippen LogP contribution < -0.4 is 21.3 Å². The summed E-state index contributed by atoms with van der Waals surface area (Å²) in [5.74, 6) is -0.311. The molecule has 0 aliphatic rings. The Kier molecular flexibility index (Phi) is 5.37. The molecule has 1 aromatic carbocycles. The first-order valence-corrected chi connectivity index (χ1v) is 7.23. The third-order valence-electron chi connectivity index (χ3n) is 3.29. The second-order valence-electron chi connectivity index (χ2n) is 5.08. The number of aryl methyl sites for hydroxylation is 1. The number of rotatable bonds is 6. The van der Waals surface area contributed by atoms with E-state index in [1.165, 1.54) is 0 Å². The molecule has 1 aromatic heterocycles. The lowest BCUT2D eigenvalue weighted by molar-refractivity contribution is -0.115. The molecule has 122 valence electrons. The quantitative estimate of drug-likeness (QED) is 0.650. The Labute approximate surface area is 135 Å². The number of benzene rings is 1. The van der Waals surface area contributed by atoms with Gasteiger partial charge in [-0.1, -0.05) is 0 Å². The highest BCUT2D eigenvalue weighted by molar-refractivity contribution is 6.04. The van der Waals surface area contributed by atoms with Gasteiger partial charge in [-0.3, -0.25) is 9.59 Å². The summed E-state index contributed by atoms with van der Waals surface area (Å²) in [5.41, 5.74) is 2.77. The molecule has 0 radical (unpaired) electrons. The highest BCUT2D eigenvalue weighted by Crippen LogP contribution is 2.17. The number of aromatic nitrogens is 1. The van der Waals surface area contributed by atoms with Crippen LogP contribution in [0.2, 0.25) is 0 Å². The molecule has 0 saturated carbocycles. The van der Waals surface area contributed by atoms with E-state index >= 15 is 0 Å². The molecule has 2 amide bonds. The normalized spacial score (nSPS) is 10.2. The second kappa shape index (κ2) is 7.46. The molecular formula is C16H21N5O2. The van der Waals surface area contributed by atoms with Crippen molar-refractivity contribution in [3.63, 3.8) is 0 Å². The zero-order valence-electron chi connectivity index (χ0n) is 13.4. The highest BCUT2D eigenvalue weighted by Gasteiger charge is 2.11. The maximum Gasteiger partial charge on any atom is 0.272 e. The van der Waals surface area contributed by atoms with Crippen LogP contribution in [0.5, 0.6) is 0 Å². The van der Waals surface area contributed by atoms with Gasteiger partial charge in [-0.25, -0.2) is 0 Å². The molecule has 0 aliphatic heterocycles. The van der Waals surface area contributed by atoms with Gasteiger partial charge in [-0.2, -0.15) is 0 Å². The molecule has 0 fully saturated rings. The minimum atomic E-state index is -0.194. The van der Waals surface area contributed by atoms with Crippen molar-refractivity contribution in [2.24, 2.45) is 7.05 Å². The van der Waals surface area contributed by atoms with Crippen molar-refractivity contribution >= 4 is 28.9 Å². The Morgan fingerprint density at radius 3 is 2.13 bits per heavy atom. The Hall–Kier alpha value is -2.80. The minimum Gasteiger partial charge on any atom is -0.387 e. The third kappa shape index (κ3) is 4.33. The molecule has 1 heterocycles. The average molecular weight is 315 g/mol. The van der Waals surface area contributed by atoms with E-state index in [-0.39, 0.29) is 18.4 Å². The van der Waals surface area contributed by atoms with Crippen LogP contribution in [-0.4, -0.2) is 37.0 Å². The number of anilines is 3. The predicted molar refractivity (Wildman–Crippen MR) is 91.9 cm³/mol. The van der Waals surface area contributed by atoms with Crippen LogP contribution in [0, 0.1) is 0 Å². The zero-order chi connectivity index (χ0) is 16.8. The van der Waals surface area contributed by atoms with Crippen molar-refractivity contribution in [3.8, 4) is 0 Å². The van der Waals surface area contributed by atoms with Crippen molar-refractivity contribution < 1.29 is 9.59 Å². The molecule has 0 bridgehead atoms. The molecule has 0 spiro atoms. The van der Waals surface area contributed by atoms with Gasteiger partial charge < -0.3 is 25.8 Å². The number of nitrogens with zero attached hydrogens (tertiary/aromatic N) is 1. The Morgan fingerprint density at radius 2 is 1.61 bits per heavy atom.